The number of nitrogens with two attached hydrogens (primary N) is 1. The van der Waals surface area contributed by atoms with Crippen molar-refractivity contribution in [2.24, 2.45) is 5.73 Å². The van der Waals surface area contributed by atoms with E-state index in [0.717, 1.165) is 36.5 Å². The van der Waals surface area contributed by atoms with Crippen LogP contribution in [0.2, 0.25) is 0 Å². The fourth-order valence-electron chi connectivity index (χ4n) is 1.57. The van der Waals surface area contributed by atoms with Gasteiger partial charge < -0.3 is 11.1 Å². The molecule has 0 saturated carbocycles. The minimum atomic E-state index is -0.128. The summed E-state index contributed by atoms with van der Waals surface area (Å²) in [6.45, 7) is 4.03. The second kappa shape index (κ2) is 7.38. The molecule has 0 spiro atoms. The second-order valence-electron chi connectivity index (χ2n) is 4.05. The number of hydrogen-bond donors (Lipinski definition) is 2. The van der Waals surface area contributed by atoms with Crippen molar-refractivity contribution in [3.8, 4) is 0 Å². The van der Waals surface area contributed by atoms with Crippen LogP contribution in [0.25, 0.3) is 0 Å². The highest BCUT2D eigenvalue weighted by Crippen LogP contribution is 2.13. The van der Waals surface area contributed by atoms with Crippen LogP contribution in [0.3, 0.4) is 0 Å². The van der Waals surface area contributed by atoms with E-state index in [1.54, 1.807) is 0 Å². The summed E-state index contributed by atoms with van der Waals surface area (Å²) >= 11 is 5.99. The molecule has 0 aliphatic rings. The number of carbonyl (C=O) groups is 1. The van der Waals surface area contributed by atoms with Crippen LogP contribution in [0.5, 0.6) is 0 Å². The maximum atomic E-state index is 12.1. The molecule has 0 aromatic carbocycles. The minimum Gasteiger partial charge on any atom is -0.393 e. The van der Waals surface area contributed by atoms with Gasteiger partial charge >= 0.3 is 0 Å². The molecule has 0 bridgehead atoms. The molecule has 1 atom stereocenters. The van der Waals surface area contributed by atoms with Crippen LogP contribution in [-0.4, -0.2) is 26.5 Å². The predicted octanol–water partition coefficient (Wildman–Crippen LogP) is 1.68. The van der Waals surface area contributed by atoms with Crippen LogP contribution in [0.15, 0.2) is 0 Å². The van der Waals surface area contributed by atoms with Gasteiger partial charge in [-0.05, 0) is 24.4 Å². The van der Waals surface area contributed by atoms with E-state index >= 15 is 0 Å². The third-order valence-corrected chi connectivity index (χ3v) is 3.46. The Morgan fingerprint density at radius 2 is 2.28 bits per heavy atom. The van der Waals surface area contributed by atoms with Crippen LogP contribution in [0.4, 0.5) is 0 Å². The number of amides is 1. The number of thiocarbonyl (C=S) groups is 1. The molecule has 0 aliphatic carbocycles. The average molecular weight is 286 g/mol. The van der Waals surface area contributed by atoms with Gasteiger partial charge in [-0.15, -0.1) is 5.10 Å². The third kappa shape index (κ3) is 4.30. The molecule has 1 heterocycles. The highest BCUT2D eigenvalue weighted by atomic mass is 32.1. The van der Waals surface area contributed by atoms with Crippen molar-refractivity contribution in [3.05, 3.63) is 10.6 Å². The molecule has 1 rings (SSSR count). The summed E-state index contributed by atoms with van der Waals surface area (Å²) < 4.78 is 3.84. The van der Waals surface area contributed by atoms with Crippen molar-refractivity contribution in [1.29, 1.82) is 0 Å². The highest BCUT2D eigenvalue weighted by molar-refractivity contribution is 7.80. The molecule has 1 aromatic heterocycles. The number of hydrogen-bond acceptors (Lipinski definition) is 5. The van der Waals surface area contributed by atoms with Crippen LogP contribution < -0.4 is 11.1 Å². The van der Waals surface area contributed by atoms with Gasteiger partial charge in [0.25, 0.3) is 5.91 Å². The maximum absolute atomic E-state index is 12.1. The Morgan fingerprint density at radius 1 is 1.56 bits per heavy atom. The SMILES string of the molecule is CCCc1nnsc1C(=O)NC(CC)CC(N)=S. The first-order chi connectivity index (χ1) is 8.58. The quantitative estimate of drug-likeness (QED) is 0.745. The van der Waals surface area contributed by atoms with Crippen molar-refractivity contribution in [2.45, 2.75) is 45.6 Å². The van der Waals surface area contributed by atoms with Gasteiger partial charge in [-0.2, -0.15) is 0 Å². The molecule has 1 unspecified atom stereocenters. The summed E-state index contributed by atoms with van der Waals surface area (Å²) in [7, 11) is 0. The molecule has 18 heavy (non-hydrogen) atoms. The van der Waals surface area contributed by atoms with Crippen LogP contribution in [0.1, 0.15) is 48.5 Å². The standard InChI is InChI=1S/C11H18N4OS2/c1-3-5-8-10(18-15-14-8)11(16)13-7(4-2)6-9(12)17/h7H,3-6H2,1-2H3,(H2,12,17)(H,13,16). The van der Waals surface area contributed by atoms with E-state index in [2.05, 4.69) is 14.9 Å². The summed E-state index contributed by atoms with van der Waals surface area (Å²) in [6, 6.07) is -0.0217. The minimum absolute atomic E-state index is 0.0217. The van der Waals surface area contributed by atoms with E-state index in [0.29, 0.717) is 16.3 Å². The average Bonchev–Trinajstić information content (AvgIpc) is 2.76. The Balaban J connectivity index is 2.68. The van der Waals surface area contributed by atoms with E-state index in [1.165, 1.54) is 0 Å². The molecule has 1 aromatic rings. The Kier molecular flexibility index (Phi) is 6.14. The molecule has 100 valence electrons. The van der Waals surface area contributed by atoms with Gasteiger partial charge in [0.2, 0.25) is 0 Å². The lowest BCUT2D eigenvalue weighted by Gasteiger charge is -2.15. The zero-order chi connectivity index (χ0) is 13.5. The topological polar surface area (TPSA) is 80.9 Å². The molecular weight excluding hydrogens is 268 g/mol. The van der Waals surface area contributed by atoms with E-state index in [9.17, 15) is 4.79 Å². The van der Waals surface area contributed by atoms with Crippen LogP contribution >= 0.6 is 23.8 Å². The second-order valence-corrected chi connectivity index (χ2v) is 5.33. The summed E-state index contributed by atoms with van der Waals surface area (Å²) in [5.41, 5.74) is 6.27. The lowest BCUT2D eigenvalue weighted by molar-refractivity contribution is 0.0940. The monoisotopic (exact) mass is 286 g/mol. The van der Waals surface area contributed by atoms with Crippen LogP contribution in [0, 0.1) is 0 Å². The van der Waals surface area contributed by atoms with Crippen molar-refractivity contribution >= 4 is 34.6 Å². The fraction of sp³-hybridized carbons (Fsp3) is 0.636. The van der Waals surface area contributed by atoms with E-state index < -0.39 is 0 Å². The van der Waals surface area contributed by atoms with Gasteiger partial charge in [0.15, 0.2) is 0 Å². The van der Waals surface area contributed by atoms with Gasteiger partial charge in [-0.1, -0.05) is 37.0 Å². The summed E-state index contributed by atoms with van der Waals surface area (Å²) in [5, 5.41) is 6.90. The summed E-state index contributed by atoms with van der Waals surface area (Å²) in [4.78, 5) is 13.1. The van der Waals surface area contributed by atoms with Crippen molar-refractivity contribution in [2.75, 3.05) is 0 Å². The molecule has 0 saturated heterocycles. The predicted molar refractivity (Wildman–Crippen MR) is 76.9 cm³/mol. The smallest absolute Gasteiger partial charge is 0.265 e. The van der Waals surface area contributed by atoms with E-state index in [4.69, 9.17) is 18.0 Å². The lowest BCUT2D eigenvalue weighted by Crippen LogP contribution is -2.37. The Bertz CT molecular complexity index is 419. The number of nitrogens with one attached hydrogen (secondary N) is 1. The van der Waals surface area contributed by atoms with Gasteiger partial charge in [0, 0.05) is 12.5 Å². The van der Waals surface area contributed by atoms with Crippen molar-refractivity contribution in [3.63, 3.8) is 0 Å². The van der Waals surface area contributed by atoms with Crippen LogP contribution in [-0.2, 0) is 6.42 Å². The number of carbonyl (C=O) groups excluding carboxylic acids is 1. The highest BCUT2D eigenvalue weighted by Gasteiger charge is 2.18. The summed E-state index contributed by atoms with van der Waals surface area (Å²) in [6.07, 6.45) is 3.02. The first-order valence-corrected chi connectivity index (χ1v) is 7.17. The summed E-state index contributed by atoms with van der Waals surface area (Å²) in [5.74, 6) is -0.128. The Morgan fingerprint density at radius 3 is 2.83 bits per heavy atom. The first-order valence-electron chi connectivity index (χ1n) is 5.98. The molecule has 7 heteroatoms. The van der Waals surface area contributed by atoms with Gasteiger partial charge in [0.1, 0.15) is 4.88 Å². The number of aromatic nitrogens is 2. The Labute approximate surface area is 116 Å². The lowest BCUT2D eigenvalue weighted by atomic mass is 10.1. The molecule has 1 amide bonds. The molecule has 5 nitrogen and oxygen atoms in total. The zero-order valence-corrected chi connectivity index (χ0v) is 12.2. The first kappa shape index (κ1) is 15.0. The molecule has 3 N–H and O–H groups in total. The molecule has 0 aliphatic heterocycles. The number of rotatable bonds is 7. The number of aryl methyl sites for hydroxylation is 1. The van der Waals surface area contributed by atoms with E-state index in [1.807, 2.05) is 13.8 Å². The van der Waals surface area contributed by atoms with Gasteiger partial charge in [-0.25, -0.2) is 0 Å². The zero-order valence-electron chi connectivity index (χ0n) is 10.6. The number of nitrogens with zero attached hydrogens (tertiary/aromatic N) is 2. The van der Waals surface area contributed by atoms with E-state index in [-0.39, 0.29) is 11.9 Å². The van der Waals surface area contributed by atoms with Crippen molar-refractivity contribution < 1.29 is 4.79 Å². The maximum Gasteiger partial charge on any atom is 0.265 e. The molecule has 0 fully saturated rings. The third-order valence-electron chi connectivity index (χ3n) is 2.52. The Hall–Kier alpha value is -1.08. The van der Waals surface area contributed by atoms with Gasteiger partial charge in [-0.3, -0.25) is 4.79 Å². The van der Waals surface area contributed by atoms with Crippen molar-refractivity contribution in [1.82, 2.24) is 14.9 Å². The fourth-order valence-corrected chi connectivity index (χ4v) is 2.38. The van der Waals surface area contributed by atoms with Gasteiger partial charge in [0.05, 0.1) is 10.7 Å². The molecule has 0 radical (unpaired) electrons. The normalized spacial score (nSPS) is 12.1. The molecular formula is C11H18N4OS2. The largest absolute Gasteiger partial charge is 0.393 e.